The summed E-state index contributed by atoms with van der Waals surface area (Å²) >= 11 is 3.27. The number of ether oxygens (including phenoxy) is 2. The molecule has 1 amide bonds. The van der Waals surface area contributed by atoms with Crippen molar-refractivity contribution in [3.05, 3.63) is 28.2 Å². The monoisotopic (exact) mass is 301 g/mol. The van der Waals surface area contributed by atoms with Crippen LogP contribution in [-0.4, -0.2) is 32.6 Å². The molecule has 0 aliphatic carbocycles. The van der Waals surface area contributed by atoms with Crippen LogP contribution in [0.3, 0.4) is 0 Å². The van der Waals surface area contributed by atoms with E-state index in [4.69, 9.17) is 4.74 Å². The third-order valence-electron chi connectivity index (χ3n) is 2.03. The molecule has 1 N–H and O–H groups in total. The van der Waals surface area contributed by atoms with E-state index in [9.17, 15) is 9.59 Å². The number of methoxy groups -OCH3 is 2. The summed E-state index contributed by atoms with van der Waals surface area (Å²) in [5, 5.41) is 2.44. The van der Waals surface area contributed by atoms with Crippen LogP contribution in [0.2, 0.25) is 0 Å². The summed E-state index contributed by atoms with van der Waals surface area (Å²) in [7, 11) is 2.73. The largest absolute Gasteiger partial charge is 0.496 e. The fourth-order valence-corrected chi connectivity index (χ4v) is 1.51. The van der Waals surface area contributed by atoms with Crippen molar-refractivity contribution in [3.8, 4) is 5.75 Å². The Morgan fingerprint density at radius 2 is 2.06 bits per heavy atom. The number of hydrogen-bond acceptors (Lipinski definition) is 4. The van der Waals surface area contributed by atoms with Crippen molar-refractivity contribution < 1.29 is 19.1 Å². The van der Waals surface area contributed by atoms with Gasteiger partial charge in [-0.05, 0) is 18.2 Å². The maximum atomic E-state index is 11.7. The first-order valence-electron chi connectivity index (χ1n) is 4.77. The standard InChI is InChI=1S/C11H12BrNO4/c1-16-9-5-7(12)3-4-8(9)11(15)13-6-10(14)17-2/h3-5H,6H2,1-2H3,(H,13,15). The number of hydrogen-bond donors (Lipinski definition) is 1. The van der Waals surface area contributed by atoms with E-state index < -0.39 is 5.97 Å². The van der Waals surface area contributed by atoms with E-state index in [0.717, 1.165) is 4.47 Å². The lowest BCUT2D eigenvalue weighted by Crippen LogP contribution is -2.30. The Kier molecular flexibility index (Phi) is 4.96. The predicted octanol–water partition coefficient (Wildman–Crippen LogP) is 1.36. The van der Waals surface area contributed by atoms with Gasteiger partial charge in [0.15, 0.2) is 0 Å². The number of carbonyl (C=O) groups excluding carboxylic acids is 2. The molecule has 1 aromatic carbocycles. The molecule has 0 aliphatic rings. The van der Waals surface area contributed by atoms with Gasteiger partial charge >= 0.3 is 5.97 Å². The average Bonchev–Trinajstić information content (AvgIpc) is 2.35. The van der Waals surface area contributed by atoms with Gasteiger partial charge in [-0.3, -0.25) is 9.59 Å². The molecular formula is C11H12BrNO4. The molecule has 0 fully saturated rings. The van der Waals surface area contributed by atoms with E-state index in [1.807, 2.05) is 0 Å². The fourth-order valence-electron chi connectivity index (χ4n) is 1.17. The first kappa shape index (κ1) is 13.5. The maximum Gasteiger partial charge on any atom is 0.325 e. The second-order valence-electron chi connectivity index (χ2n) is 3.10. The minimum absolute atomic E-state index is 0.172. The van der Waals surface area contributed by atoms with Crippen LogP contribution in [-0.2, 0) is 9.53 Å². The molecule has 0 atom stereocenters. The molecule has 0 saturated heterocycles. The number of esters is 1. The number of nitrogens with one attached hydrogen (secondary N) is 1. The molecule has 0 heterocycles. The quantitative estimate of drug-likeness (QED) is 0.853. The normalized spacial score (nSPS) is 9.59. The Morgan fingerprint density at radius 3 is 2.65 bits per heavy atom. The van der Waals surface area contributed by atoms with Crippen LogP contribution < -0.4 is 10.1 Å². The topological polar surface area (TPSA) is 64.6 Å². The number of rotatable bonds is 4. The van der Waals surface area contributed by atoms with Crippen molar-refractivity contribution in [1.82, 2.24) is 5.32 Å². The first-order chi connectivity index (χ1) is 8.08. The zero-order chi connectivity index (χ0) is 12.8. The Bertz CT molecular complexity index is 433. The lowest BCUT2D eigenvalue weighted by Gasteiger charge is -2.08. The number of amides is 1. The van der Waals surface area contributed by atoms with Crippen LogP contribution in [0.4, 0.5) is 0 Å². The highest BCUT2D eigenvalue weighted by Crippen LogP contribution is 2.23. The van der Waals surface area contributed by atoms with Gasteiger partial charge in [-0.15, -0.1) is 0 Å². The molecule has 0 aliphatic heterocycles. The van der Waals surface area contributed by atoms with E-state index in [1.165, 1.54) is 14.2 Å². The van der Waals surface area contributed by atoms with Gasteiger partial charge in [0.2, 0.25) is 0 Å². The minimum Gasteiger partial charge on any atom is -0.496 e. The van der Waals surface area contributed by atoms with E-state index in [2.05, 4.69) is 26.0 Å². The number of carbonyl (C=O) groups is 2. The van der Waals surface area contributed by atoms with Gasteiger partial charge in [0.1, 0.15) is 12.3 Å². The summed E-state index contributed by atoms with van der Waals surface area (Å²) in [6.45, 7) is -0.172. The molecule has 5 nitrogen and oxygen atoms in total. The molecule has 0 radical (unpaired) electrons. The SMILES string of the molecule is COC(=O)CNC(=O)c1ccc(Br)cc1OC. The van der Waals surface area contributed by atoms with Crippen LogP contribution in [0.15, 0.2) is 22.7 Å². The molecule has 1 aromatic rings. The van der Waals surface area contributed by atoms with Crippen LogP contribution in [0.25, 0.3) is 0 Å². The molecule has 17 heavy (non-hydrogen) atoms. The molecule has 1 rings (SSSR count). The zero-order valence-electron chi connectivity index (χ0n) is 9.45. The highest BCUT2D eigenvalue weighted by Gasteiger charge is 2.13. The van der Waals surface area contributed by atoms with Crippen LogP contribution in [0.1, 0.15) is 10.4 Å². The van der Waals surface area contributed by atoms with Crippen LogP contribution in [0.5, 0.6) is 5.75 Å². The third kappa shape index (κ3) is 3.74. The third-order valence-corrected chi connectivity index (χ3v) is 2.52. The molecule has 92 valence electrons. The molecule has 0 spiro atoms. The van der Waals surface area contributed by atoms with E-state index in [1.54, 1.807) is 18.2 Å². The van der Waals surface area contributed by atoms with E-state index >= 15 is 0 Å². The molecule has 0 saturated carbocycles. The molecule has 0 bridgehead atoms. The predicted molar refractivity (Wildman–Crippen MR) is 65.0 cm³/mol. The zero-order valence-corrected chi connectivity index (χ0v) is 11.0. The van der Waals surface area contributed by atoms with Crippen molar-refractivity contribution in [2.45, 2.75) is 0 Å². The van der Waals surface area contributed by atoms with E-state index in [-0.39, 0.29) is 12.5 Å². The summed E-state index contributed by atoms with van der Waals surface area (Å²) in [5.74, 6) is -0.462. The summed E-state index contributed by atoms with van der Waals surface area (Å²) in [6, 6.07) is 5.00. The van der Waals surface area contributed by atoms with Crippen molar-refractivity contribution in [2.24, 2.45) is 0 Å². The molecule has 0 aromatic heterocycles. The minimum atomic E-state index is -0.505. The van der Waals surface area contributed by atoms with E-state index in [0.29, 0.717) is 11.3 Å². The van der Waals surface area contributed by atoms with Gasteiger partial charge in [-0.1, -0.05) is 15.9 Å². The highest BCUT2D eigenvalue weighted by molar-refractivity contribution is 9.10. The van der Waals surface area contributed by atoms with Crippen LogP contribution in [0, 0.1) is 0 Å². The molecule has 6 heteroatoms. The van der Waals surface area contributed by atoms with Crippen molar-refractivity contribution >= 4 is 27.8 Å². The summed E-state index contributed by atoms with van der Waals surface area (Å²) in [4.78, 5) is 22.6. The second-order valence-corrected chi connectivity index (χ2v) is 4.02. The first-order valence-corrected chi connectivity index (χ1v) is 5.56. The fraction of sp³-hybridized carbons (Fsp3) is 0.273. The Hall–Kier alpha value is -1.56. The second kappa shape index (κ2) is 6.24. The van der Waals surface area contributed by atoms with Crippen molar-refractivity contribution in [3.63, 3.8) is 0 Å². The average molecular weight is 302 g/mol. The summed E-state index contributed by atoms with van der Waals surface area (Å²) < 4.78 is 10.3. The number of benzene rings is 1. The lowest BCUT2D eigenvalue weighted by molar-refractivity contribution is -0.139. The van der Waals surface area contributed by atoms with Gasteiger partial charge in [0.25, 0.3) is 5.91 Å². The maximum absolute atomic E-state index is 11.7. The highest BCUT2D eigenvalue weighted by atomic mass is 79.9. The van der Waals surface area contributed by atoms with Gasteiger partial charge in [0, 0.05) is 4.47 Å². The summed E-state index contributed by atoms with van der Waals surface area (Å²) in [5.41, 5.74) is 0.361. The lowest BCUT2D eigenvalue weighted by atomic mass is 10.2. The Balaban J connectivity index is 2.78. The van der Waals surface area contributed by atoms with Crippen LogP contribution >= 0.6 is 15.9 Å². The van der Waals surface area contributed by atoms with Crippen molar-refractivity contribution in [2.75, 3.05) is 20.8 Å². The van der Waals surface area contributed by atoms with Crippen molar-refractivity contribution in [1.29, 1.82) is 0 Å². The smallest absolute Gasteiger partial charge is 0.325 e. The summed E-state index contributed by atoms with van der Waals surface area (Å²) in [6.07, 6.45) is 0. The Labute approximate surface area is 107 Å². The van der Waals surface area contributed by atoms with Gasteiger partial charge in [-0.2, -0.15) is 0 Å². The van der Waals surface area contributed by atoms with Gasteiger partial charge in [-0.25, -0.2) is 0 Å². The Morgan fingerprint density at radius 1 is 1.35 bits per heavy atom. The molecule has 0 unspecified atom stereocenters. The van der Waals surface area contributed by atoms with Gasteiger partial charge in [0.05, 0.1) is 19.8 Å². The molecular weight excluding hydrogens is 290 g/mol. The number of halogens is 1. The van der Waals surface area contributed by atoms with Gasteiger partial charge < -0.3 is 14.8 Å².